The molecule has 0 atom stereocenters. The zero-order chi connectivity index (χ0) is 17.4. The maximum atomic E-state index is 12.7. The quantitative estimate of drug-likeness (QED) is 0.785. The molecular formula is C18H15N3O3S. The van der Waals surface area contributed by atoms with Crippen molar-refractivity contribution in [1.82, 2.24) is 14.9 Å². The number of carbonyl (C=O) groups excluding carboxylic acids is 1. The molecule has 3 aromatic rings. The molecule has 25 heavy (non-hydrogen) atoms. The number of nitrogens with zero attached hydrogens (tertiary/aromatic N) is 2. The lowest BCUT2D eigenvalue weighted by molar-refractivity contribution is -0.126. The summed E-state index contributed by atoms with van der Waals surface area (Å²) in [5, 5.41) is 1.83. The van der Waals surface area contributed by atoms with Gasteiger partial charge in [0.2, 0.25) is 0 Å². The van der Waals surface area contributed by atoms with Gasteiger partial charge in [-0.25, -0.2) is 4.98 Å². The minimum Gasteiger partial charge on any atom is -0.488 e. The van der Waals surface area contributed by atoms with Gasteiger partial charge in [0.05, 0.1) is 17.6 Å². The number of fused-ring (bicyclic) bond motifs is 2. The Kier molecular flexibility index (Phi) is 3.85. The van der Waals surface area contributed by atoms with Gasteiger partial charge in [0, 0.05) is 12.6 Å². The number of nitrogens with one attached hydrogen (secondary N) is 1. The van der Waals surface area contributed by atoms with E-state index >= 15 is 0 Å². The number of rotatable bonds is 3. The zero-order valence-electron chi connectivity index (χ0n) is 13.5. The number of para-hydroxylation sites is 1. The number of benzene rings is 1. The molecule has 1 aliphatic rings. The molecule has 0 radical (unpaired) electrons. The monoisotopic (exact) mass is 353 g/mol. The van der Waals surface area contributed by atoms with Crippen molar-refractivity contribution in [3.8, 4) is 5.75 Å². The molecule has 2 aromatic heterocycles. The Balaban J connectivity index is 1.56. The van der Waals surface area contributed by atoms with Gasteiger partial charge in [-0.2, -0.15) is 0 Å². The fourth-order valence-electron chi connectivity index (χ4n) is 2.78. The summed E-state index contributed by atoms with van der Waals surface area (Å²) in [7, 11) is 1.68. The van der Waals surface area contributed by atoms with Gasteiger partial charge in [-0.05, 0) is 23.6 Å². The van der Waals surface area contributed by atoms with Crippen molar-refractivity contribution in [2.45, 2.75) is 6.54 Å². The van der Waals surface area contributed by atoms with Crippen LogP contribution < -0.4 is 10.3 Å². The summed E-state index contributed by atoms with van der Waals surface area (Å²) in [6, 6.07) is 9.39. The molecule has 0 saturated heterocycles. The highest BCUT2D eigenvalue weighted by Gasteiger charge is 2.21. The van der Waals surface area contributed by atoms with Crippen LogP contribution in [0.25, 0.3) is 16.3 Å². The first-order valence-corrected chi connectivity index (χ1v) is 8.64. The molecular weight excluding hydrogens is 338 g/mol. The number of H-pyrrole nitrogens is 1. The van der Waals surface area contributed by atoms with E-state index in [9.17, 15) is 9.59 Å². The molecule has 0 fully saturated rings. The van der Waals surface area contributed by atoms with Crippen molar-refractivity contribution in [2.75, 3.05) is 13.7 Å². The van der Waals surface area contributed by atoms with E-state index in [0.717, 1.165) is 11.3 Å². The highest BCUT2D eigenvalue weighted by atomic mass is 32.1. The lowest BCUT2D eigenvalue weighted by Gasteiger charge is -2.22. The largest absolute Gasteiger partial charge is 0.488 e. The Morgan fingerprint density at radius 1 is 1.36 bits per heavy atom. The number of ether oxygens (including phenoxy) is 1. The predicted octanol–water partition coefficient (Wildman–Crippen LogP) is 2.42. The van der Waals surface area contributed by atoms with Gasteiger partial charge in [0.1, 0.15) is 22.9 Å². The third kappa shape index (κ3) is 2.94. The van der Waals surface area contributed by atoms with Crippen molar-refractivity contribution in [2.24, 2.45) is 0 Å². The summed E-state index contributed by atoms with van der Waals surface area (Å²) in [5.41, 5.74) is 1.93. The fraction of sp³-hybridized carbons (Fsp3) is 0.167. The van der Waals surface area contributed by atoms with Crippen LogP contribution in [0.3, 0.4) is 0 Å². The number of carbonyl (C=O) groups is 1. The van der Waals surface area contributed by atoms with E-state index in [1.165, 1.54) is 16.2 Å². The Labute approximate surface area is 147 Å². The van der Waals surface area contributed by atoms with Crippen LogP contribution in [-0.2, 0) is 11.3 Å². The van der Waals surface area contributed by atoms with Gasteiger partial charge in [-0.15, -0.1) is 11.3 Å². The maximum absolute atomic E-state index is 12.7. The van der Waals surface area contributed by atoms with Crippen molar-refractivity contribution in [3.05, 3.63) is 63.0 Å². The van der Waals surface area contributed by atoms with Gasteiger partial charge in [-0.1, -0.05) is 18.2 Å². The van der Waals surface area contributed by atoms with E-state index < -0.39 is 0 Å². The Morgan fingerprint density at radius 3 is 3.08 bits per heavy atom. The van der Waals surface area contributed by atoms with Crippen LogP contribution in [0, 0.1) is 0 Å². The Bertz CT molecular complexity index is 1050. The Morgan fingerprint density at radius 2 is 2.20 bits per heavy atom. The van der Waals surface area contributed by atoms with Crippen molar-refractivity contribution >= 4 is 33.5 Å². The average Bonchev–Trinajstić information content (AvgIpc) is 3.09. The summed E-state index contributed by atoms with van der Waals surface area (Å²) >= 11 is 1.35. The predicted molar refractivity (Wildman–Crippen MR) is 96.6 cm³/mol. The first-order chi connectivity index (χ1) is 12.1. The number of hydrogen-bond donors (Lipinski definition) is 1. The van der Waals surface area contributed by atoms with Crippen LogP contribution in [0.5, 0.6) is 5.75 Å². The molecule has 0 aliphatic carbocycles. The van der Waals surface area contributed by atoms with Crippen LogP contribution >= 0.6 is 11.3 Å². The van der Waals surface area contributed by atoms with Crippen molar-refractivity contribution in [1.29, 1.82) is 0 Å². The van der Waals surface area contributed by atoms with E-state index in [1.54, 1.807) is 13.1 Å². The molecule has 0 bridgehead atoms. The fourth-order valence-corrected chi connectivity index (χ4v) is 3.50. The van der Waals surface area contributed by atoms with E-state index in [4.69, 9.17) is 4.74 Å². The summed E-state index contributed by atoms with van der Waals surface area (Å²) in [6.07, 6.45) is 1.84. The van der Waals surface area contributed by atoms with Crippen molar-refractivity contribution in [3.63, 3.8) is 0 Å². The number of hydrogen-bond acceptors (Lipinski definition) is 5. The number of amides is 1. The van der Waals surface area contributed by atoms with E-state index in [1.807, 2.05) is 35.7 Å². The molecule has 0 spiro atoms. The first kappa shape index (κ1) is 15.6. The summed E-state index contributed by atoms with van der Waals surface area (Å²) in [4.78, 5) is 33.4. The summed E-state index contributed by atoms with van der Waals surface area (Å²) in [6.45, 7) is 0.451. The minimum atomic E-state index is -0.176. The second kappa shape index (κ2) is 6.18. The van der Waals surface area contributed by atoms with Crippen LogP contribution in [0.1, 0.15) is 11.4 Å². The molecule has 7 heteroatoms. The second-order valence-corrected chi connectivity index (χ2v) is 6.72. The number of likely N-dealkylation sites (N-methyl/N-ethyl adjacent to an activating group) is 1. The maximum Gasteiger partial charge on any atom is 0.268 e. The zero-order valence-corrected chi connectivity index (χ0v) is 14.3. The number of thiophene rings is 1. The third-order valence-corrected chi connectivity index (χ3v) is 4.91. The van der Waals surface area contributed by atoms with Gasteiger partial charge < -0.3 is 14.6 Å². The van der Waals surface area contributed by atoms with E-state index in [-0.39, 0.29) is 24.6 Å². The van der Waals surface area contributed by atoms with E-state index in [2.05, 4.69) is 9.97 Å². The molecule has 1 N–H and O–H groups in total. The normalized spacial score (nSPS) is 13.1. The molecule has 126 valence electrons. The summed E-state index contributed by atoms with van der Waals surface area (Å²) < 4.78 is 6.23. The average molecular weight is 353 g/mol. The molecule has 6 nitrogen and oxygen atoms in total. The lowest BCUT2D eigenvalue weighted by Crippen LogP contribution is -2.31. The standard InChI is InChI=1S/C18H15N3O3S/c1-21(9-15-19-13-6-7-25-16(13)17(22)20-15)18(23)12-8-11-4-2-3-5-14(11)24-10-12/h2-8H,9-10H2,1H3,(H,19,20,22). The smallest absolute Gasteiger partial charge is 0.268 e. The first-order valence-electron chi connectivity index (χ1n) is 7.76. The second-order valence-electron chi connectivity index (χ2n) is 5.80. The highest BCUT2D eigenvalue weighted by molar-refractivity contribution is 7.17. The molecule has 1 aromatic carbocycles. The molecule has 0 saturated carbocycles. The van der Waals surface area contributed by atoms with Crippen LogP contribution in [0.2, 0.25) is 0 Å². The molecule has 1 amide bonds. The summed E-state index contributed by atoms with van der Waals surface area (Å²) in [5.74, 6) is 1.09. The number of aromatic nitrogens is 2. The minimum absolute atomic E-state index is 0.150. The lowest BCUT2D eigenvalue weighted by atomic mass is 10.1. The molecule has 4 rings (SSSR count). The van der Waals surface area contributed by atoms with Crippen LogP contribution in [0.15, 0.2) is 46.1 Å². The Hall–Kier alpha value is -2.93. The van der Waals surface area contributed by atoms with Gasteiger partial charge in [0.25, 0.3) is 11.5 Å². The van der Waals surface area contributed by atoms with Gasteiger partial charge in [-0.3, -0.25) is 9.59 Å². The molecule has 0 unspecified atom stereocenters. The van der Waals surface area contributed by atoms with Gasteiger partial charge >= 0.3 is 0 Å². The number of aromatic amines is 1. The van der Waals surface area contributed by atoms with E-state index in [0.29, 0.717) is 21.6 Å². The SMILES string of the molecule is CN(Cc1nc2ccsc2c(=O)[nH]1)C(=O)C1=Cc2ccccc2OC1. The molecule has 3 heterocycles. The van der Waals surface area contributed by atoms with Gasteiger partial charge in [0.15, 0.2) is 0 Å². The van der Waals surface area contributed by atoms with Crippen LogP contribution in [0.4, 0.5) is 0 Å². The highest BCUT2D eigenvalue weighted by Crippen LogP contribution is 2.26. The topological polar surface area (TPSA) is 75.3 Å². The van der Waals surface area contributed by atoms with Crippen LogP contribution in [-0.4, -0.2) is 34.4 Å². The third-order valence-electron chi connectivity index (χ3n) is 4.00. The molecule has 1 aliphatic heterocycles. The van der Waals surface area contributed by atoms with Crippen molar-refractivity contribution < 1.29 is 9.53 Å².